The normalized spacial score (nSPS) is 10.8. The first-order valence-corrected chi connectivity index (χ1v) is 5.81. The third-order valence-electron chi connectivity index (χ3n) is 2.50. The smallest absolute Gasteiger partial charge is 0.176 e. The van der Waals surface area contributed by atoms with Gasteiger partial charge in [0, 0.05) is 17.7 Å². The van der Waals surface area contributed by atoms with Crippen LogP contribution in [0.4, 0.5) is 0 Å². The van der Waals surface area contributed by atoms with Crippen molar-refractivity contribution in [3.63, 3.8) is 0 Å². The maximum absolute atomic E-state index is 4.33. The fourth-order valence-corrected chi connectivity index (χ4v) is 2.29. The number of pyridine rings is 1. The summed E-state index contributed by atoms with van der Waals surface area (Å²) in [4.78, 5) is 0. The number of fused-ring (bicyclic) bond motifs is 1. The van der Waals surface area contributed by atoms with E-state index in [9.17, 15) is 0 Å². The minimum Gasteiger partial charge on any atom is -0.201 e. The first kappa shape index (κ1) is 9.42. The molecule has 0 aliphatic heterocycles. The lowest BCUT2D eigenvalue weighted by atomic mass is 10.2. The van der Waals surface area contributed by atoms with Crippen LogP contribution in [0.15, 0.2) is 48.8 Å². The van der Waals surface area contributed by atoms with E-state index in [0.717, 1.165) is 17.6 Å². The molecule has 0 fully saturated rings. The maximum atomic E-state index is 4.33. The lowest BCUT2D eigenvalue weighted by Crippen LogP contribution is -2.32. The zero-order chi connectivity index (χ0) is 10.8. The number of hydrogen-bond donors (Lipinski definition) is 0. The molecule has 3 nitrogen and oxygen atoms in total. The summed E-state index contributed by atoms with van der Waals surface area (Å²) >= 11 is 1.27. The van der Waals surface area contributed by atoms with Crippen LogP contribution in [0.3, 0.4) is 0 Å². The van der Waals surface area contributed by atoms with Gasteiger partial charge in [0.2, 0.25) is 0 Å². The molecule has 2 heterocycles. The highest BCUT2D eigenvalue weighted by atomic mass is 32.1. The summed E-state index contributed by atoms with van der Waals surface area (Å²) in [5, 5.41) is 0. The Balaban J connectivity index is 2.04. The van der Waals surface area contributed by atoms with E-state index >= 15 is 0 Å². The van der Waals surface area contributed by atoms with Gasteiger partial charge >= 0.3 is 0 Å². The number of aromatic nitrogens is 3. The summed E-state index contributed by atoms with van der Waals surface area (Å²) in [5.74, 6) is 0. The summed E-state index contributed by atoms with van der Waals surface area (Å²) in [7, 11) is 0. The zero-order valence-corrected chi connectivity index (χ0v) is 9.39. The first-order chi connectivity index (χ1) is 7.93. The summed E-state index contributed by atoms with van der Waals surface area (Å²) < 4.78 is 10.7. The van der Waals surface area contributed by atoms with Crippen LogP contribution in [0.5, 0.6) is 0 Å². The Labute approximate surface area is 97.3 Å². The molecule has 78 valence electrons. The third-order valence-corrected chi connectivity index (χ3v) is 3.04. The molecular weight excluding hydrogens is 218 g/mol. The van der Waals surface area contributed by atoms with Crippen LogP contribution < -0.4 is 4.57 Å². The van der Waals surface area contributed by atoms with Crippen molar-refractivity contribution < 1.29 is 4.57 Å². The third kappa shape index (κ3) is 1.67. The molecule has 0 unspecified atom stereocenters. The average Bonchev–Trinajstić information content (AvgIpc) is 2.80. The second-order valence-electron chi connectivity index (χ2n) is 3.60. The lowest BCUT2D eigenvalue weighted by molar-refractivity contribution is -0.688. The van der Waals surface area contributed by atoms with Gasteiger partial charge in [0.05, 0.1) is 11.7 Å². The predicted molar refractivity (Wildman–Crippen MR) is 63.2 cm³/mol. The predicted octanol–water partition coefficient (Wildman–Crippen LogP) is 2.03. The number of hydrogen-bond acceptors (Lipinski definition) is 3. The molecule has 3 rings (SSSR count). The molecule has 0 amide bonds. The van der Waals surface area contributed by atoms with Gasteiger partial charge in [0.1, 0.15) is 11.0 Å². The van der Waals surface area contributed by atoms with Crippen molar-refractivity contribution >= 4 is 22.8 Å². The summed E-state index contributed by atoms with van der Waals surface area (Å²) in [5.41, 5.74) is 3.21. The molecule has 0 aliphatic rings. The molecule has 0 N–H and O–H groups in total. The van der Waals surface area contributed by atoms with E-state index in [1.807, 2.05) is 30.3 Å². The number of benzene rings is 1. The molecule has 0 aliphatic carbocycles. The Bertz CT molecular complexity index is 604. The molecule has 2 aromatic heterocycles. The molecule has 0 spiro atoms. The van der Waals surface area contributed by atoms with E-state index in [4.69, 9.17) is 0 Å². The van der Waals surface area contributed by atoms with Crippen LogP contribution in [-0.2, 0) is 6.54 Å². The minimum absolute atomic E-state index is 0.837. The molecule has 1 aromatic carbocycles. The Morgan fingerprint density at radius 2 is 1.88 bits per heavy atom. The Morgan fingerprint density at radius 3 is 2.75 bits per heavy atom. The Kier molecular flexibility index (Phi) is 2.34. The highest BCUT2D eigenvalue weighted by Crippen LogP contribution is 2.15. The molecule has 16 heavy (non-hydrogen) atoms. The molecule has 0 bridgehead atoms. The molecule has 3 aromatic rings. The van der Waals surface area contributed by atoms with E-state index in [1.54, 1.807) is 0 Å². The van der Waals surface area contributed by atoms with Crippen LogP contribution in [0, 0.1) is 0 Å². The van der Waals surface area contributed by atoms with Crippen LogP contribution in [0.25, 0.3) is 11.0 Å². The highest BCUT2D eigenvalue weighted by molar-refractivity contribution is 7.00. The molecule has 0 saturated carbocycles. The van der Waals surface area contributed by atoms with Crippen LogP contribution in [0.2, 0.25) is 0 Å². The van der Waals surface area contributed by atoms with Crippen molar-refractivity contribution in [3.8, 4) is 0 Å². The van der Waals surface area contributed by atoms with E-state index in [2.05, 4.69) is 31.8 Å². The van der Waals surface area contributed by atoms with Crippen molar-refractivity contribution in [3.05, 3.63) is 54.4 Å². The minimum atomic E-state index is 0.837. The van der Waals surface area contributed by atoms with Crippen molar-refractivity contribution in [2.24, 2.45) is 0 Å². The van der Waals surface area contributed by atoms with Crippen molar-refractivity contribution in [1.29, 1.82) is 0 Å². The van der Waals surface area contributed by atoms with Crippen LogP contribution in [-0.4, -0.2) is 8.75 Å². The van der Waals surface area contributed by atoms with Gasteiger partial charge in [-0.25, -0.2) is 4.57 Å². The molecule has 0 saturated heterocycles. The van der Waals surface area contributed by atoms with E-state index in [0.29, 0.717) is 0 Å². The van der Waals surface area contributed by atoms with Gasteiger partial charge in [-0.2, -0.15) is 8.75 Å². The number of rotatable bonds is 2. The van der Waals surface area contributed by atoms with Gasteiger partial charge in [-0.3, -0.25) is 0 Å². The van der Waals surface area contributed by atoms with Crippen molar-refractivity contribution in [2.75, 3.05) is 0 Å². The van der Waals surface area contributed by atoms with Gasteiger partial charge < -0.3 is 0 Å². The summed E-state index contributed by atoms with van der Waals surface area (Å²) in [6, 6.07) is 12.2. The second kappa shape index (κ2) is 3.98. The SMILES string of the molecule is c1cc[n+](Cc2cccc3nsnc23)cc1. The summed E-state index contributed by atoms with van der Waals surface area (Å²) in [6.45, 7) is 0.837. The van der Waals surface area contributed by atoms with Crippen molar-refractivity contribution in [2.45, 2.75) is 6.54 Å². The molecule has 0 atom stereocenters. The quantitative estimate of drug-likeness (QED) is 0.628. The van der Waals surface area contributed by atoms with Gasteiger partial charge in [0.25, 0.3) is 0 Å². The van der Waals surface area contributed by atoms with Gasteiger partial charge in [-0.15, -0.1) is 0 Å². The number of nitrogens with zero attached hydrogens (tertiary/aromatic N) is 3. The molecular formula is C12H10N3S+. The van der Waals surface area contributed by atoms with Crippen molar-refractivity contribution in [1.82, 2.24) is 8.75 Å². The van der Waals surface area contributed by atoms with E-state index < -0.39 is 0 Å². The fraction of sp³-hybridized carbons (Fsp3) is 0.0833. The maximum Gasteiger partial charge on any atom is 0.176 e. The van der Waals surface area contributed by atoms with Gasteiger partial charge in [-0.1, -0.05) is 18.2 Å². The standard InChI is InChI=1S/C12H10N3S/c1-2-7-15(8-3-1)9-10-5-4-6-11-12(10)14-16-13-11/h1-8H,9H2/q+1. The van der Waals surface area contributed by atoms with Crippen LogP contribution >= 0.6 is 11.7 Å². The second-order valence-corrected chi connectivity index (χ2v) is 4.13. The topological polar surface area (TPSA) is 29.7 Å². The highest BCUT2D eigenvalue weighted by Gasteiger charge is 2.08. The molecule has 0 radical (unpaired) electrons. The average molecular weight is 228 g/mol. The summed E-state index contributed by atoms with van der Waals surface area (Å²) in [6.07, 6.45) is 4.11. The Morgan fingerprint density at radius 1 is 1.00 bits per heavy atom. The first-order valence-electron chi connectivity index (χ1n) is 5.08. The largest absolute Gasteiger partial charge is 0.201 e. The van der Waals surface area contributed by atoms with Gasteiger partial charge in [-0.05, 0) is 6.07 Å². The zero-order valence-electron chi connectivity index (χ0n) is 8.58. The van der Waals surface area contributed by atoms with Gasteiger partial charge in [0.15, 0.2) is 18.9 Å². The van der Waals surface area contributed by atoms with E-state index in [-0.39, 0.29) is 0 Å². The van der Waals surface area contributed by atoms with E-state index in [1.165, 1.54) is 17.3 Å². The van der Waals surface area contributed by atoms with Crippen LogP contribution in [0.1, 0.15) is 5.56 Å². The molecule has 4 heteroatoms. The monoisotopic (exact) mass is 228 g/mol. The lowest BCUT2D eigenvalue weighted by Gasteiger charge is -1.97. The fourth-order valence-electron chi connectivity index (χ4n) is 1.73. The Hall–Kier alpha value is -1.81.